The monoisotopic (exact) mass is 348 g/mol. The Hall–Kier alpha value is -2.49. The first-order valence-electron chi connectivity index (χ1n) is 7.02. The van der Waals surface area contributed by atoms with Gasteiger partial charge in [0.05, 0.1) is 24.6 Å². The molecule has 0 saturated heterocycles. The number of carboxylic acids is 1. The van der Waals surface area contributed by atoms with E-state index in [0.717, 1.165) is 6.07 Å². The Labute approximate surface area is 136 Å². The van der Waals surface area contributed by atoms with Gasteiger partial charge in [0.2, 0.25) is 0 Å². The van der Waals surface area contributed by atoms with Crippen LogP contribution >= 0.6 is 0 Å². The predicted molar refractivity (Wildman–Crippen MR) is 79.5 cm³/mol. The van der Waals surface area contributed by atoms with Gasteiger partial charge in [0.25, 0.3) is 5.69 Å². The first kappa shape index (κ1) is 19.6. The maximum absolute atomic E-state index is 12.4. The number of nitro benzene ring substituents is 1. The first-order valence-corrected chi connectivity index (χ1v) is 7.02. The lowest BCUT2D eigenvalue weighted by Gasteiger charge is -2.20. The summed E-state index contributed by atoms with van der Waals surface area (Å²) in [5.74, 6) is -1.62. The number of aliphatic carboxylic acids is 1. The highest BCUT2D eigenvalue weighted by molar-refractivity contribution is 5.69. The molecule has 0 heterocycles. The van der Waals surface area contributed by atoms with Crippen molar-refractivity contribution in [2.75, 3.05) is 20.2 Å². The highest BCUT2D eigenvalue weighted by atomic mass is 19.3. The summed E-state index contributed by atoms with van der Waals surface area (Å²) in [7, 11) is 1.21. The van der Waals surface area contributed by atoms with Crippen LogP contribution in [0.15, 0.2) is 12.1 Å². The van der Waals surface area contributed by atoms with Crippen LogP contribution in [0.25, 0.3) is 0 Å². The number of benzene rings is 1. The Bertz CT molecular complexity index is 597. The molecule has 0 amide bonds. The number of alkyl halides is 2. The van der Waals surface area contributed by atoms with E-state index in [9.17, 15) is 23.7 Å². The number of rotatable bonds is 10. The number of nitro groups is 1. The minimum absolute atomic E-state index is 0.0399. The van der Waals surface area contributed by atoms with E-state index < -0.39 is 28.9 Å². The van der Waals surface area contributed by atoms with Crippen LogP contribution < -0.4 is 9.47 Å². The van der Waals surface area contributed by atoms with E-state index in [1.807, 2.05) is 6.92 Å². The normalized spacial score (nSPS) is 10.9. The predicted octanol–water partition coefficient (Wildman–Crippen LogP) is 2.50. The molecule has 0 aliphatic carbocycles. The minimum Gasteiger partial charge on any atom is -0.493 e. The summed E-state index contributed by atoms with van der Waals surface area (Å²) in [5, 5.41) is 20.1. The third-order valence-corrected chi connectivity index (χ3v) is 3.07. The molecule has 1 N–H and O–H groups in total. The maximum atomic E-state index is 12.4. The average molecular weight is 348 g/mol. The SMILES string of the molecule is CCCN(CC(=O)O)Cc1cc(OC)c(OC(F)F)cc1[N+](=O)[O-]. The van der Waals surface area contributed by atoms with Gasteiger partial charge < -0.3 is 14.6 Å². The molecule has 0 fully saturated rings. The van der Waals surface area contributed by atoms with Crippen molar-refractivity contribution in [1.82, 2.24) is 4.90 Å². The van der Waals surface area contributed by atoms with Crippen molar-refractivity contribution < 1.29 is 33.1 Å². The number of nitrogens with zero attached hydrogens (tertiary/aromatic N) is 2. The number of carboxylic acid groups (broad SMARTS) is 1. The van der Waals surface area contributed by atoms with Crippen molar-refractivity contribution in [2.24, 2.45) is 0 Å². The molecule has 24 heavy (non-hydrogen) atoms. The summed E-state index contributed by atoms with van der Waals surface area (Å²) in [4.78, 5) is 22.9. The van der Waals surface area contributed by atoms with Gasteiger partial charge >= 0.3 is 12.6 Å². The molecule has 134 valence electrons. The van der Waals surface area contributed by atoms with Crippen molar-refractivity contribution in [2.45, 2.75) is 26.5 Å². The first-order chi connectivity index (χ1) is 11.3. The van der Waals surface area contributed by atoms with Crippen molar-refractivity contribution >= 4 is 11.7 Å². The van der Waals surface area contributed by atoms with Gasteiger partial charge in [-0.1, -0.05) is 6.92 Å². The number of carbonyl (C=O) groups is 1. The smallest absolute Gasteiger partial charge is 0.387 e. The fourth-order valence-electron chi connectivity index (χ4n) is 2.20. The van der Waals surface area contributed by atoms with Gasteiger partial charge in [0.15, 0.2) is 11.5 Å². The summed E-state index contributed by atoms with van der Waals surface area (Å²) in [6.07, 6.45) is 0.644. The molecule has 1 rings (SSSR count). The van der Waals surface area contributed by atoms with Gasteiger partial charge in [0, 0.05) is 12.1 Å². The molecule has 0 aromatic heterocycles. The van der Waals surface area contributed by atoms with E-state index in [4.69, 9.17) is 9.84 Å². The molecular formula is C14H18F2N2O6. The van der Waals surface area contributed by atoms with Crippen LogP contribution in [0, 0.1) is 10.1 Å². The van der Waals surface area contributed by atoms with Crippen LogP contribution in [0.2, 0.25) is 0 Å². The van der Waals surface area contributed by atoms with E-state index in [1.54, 1.807) is 0 Å². The van der Waals surface area contributed by atoms with Gasteiger partial charge in [0.1, 0.15) is 0 Å². The van der Waals surface area contributed by atoms with E-state index >= 15 is 0 Å². The maximum Gasteiger partial charge on any atom is 0.387 e. The van der Waals surface area contributed by atoms with Crippen molar-refractivity contribution in [3.8, 4) is 11.5 Å². The summed E-state index contributed by atoms with van der Waals surface area (Å²) in [6, 6.07) is 2.06. The average Bonchev–Trinajstić information content (AvgIpc) is 2.47. The molecular weight excluding hydrogens is 330 g/mol. The van der Waals surface area contributed by atoms with Crippen molar-refractivity contribution in [3.05, 3.63) is 27.8 Å². The van der Waals surface area contributed by atoms with Gasteiger partial charge in [-0.15, -0.1) is 0 Å². The van der Waals surface area contributed by atoms with Gasteiger partial charge in [-0.2, -0.15) is 8.78 Å². The molecule has 8 nitrogen and oxygen atoms in total. The minimum atomic E-state index is -3.16. The standard InChI is InChI=1S/C14H18F2N2O6/c1-3-4-17(8-13(19)20)7-9-5-11(23-2)12(24-14(15)16)6-10(9)18(21)22/h5-6,14H,3-4,7-8H2,1-2H3,(H,19,20). The summed E-state index contributed by atoms with van der Waals surface area (Å²) in [6.45, 7) is -1.26. The van der Waals surface area contributed by atoms with Crippen LogP contribution in [0.3, 0.4) is 0 Å². The van der Waals surface area contributed by atoms with Crippen molar-refractivity contribution in [3.63, 3.8) is 0 Å². The topological polar surface area (TPSA) is 102 Å². The summed E-state index contributed by atoms with van der Waals surface area (Å²) in [5.41, 5.74) is -0.300. The lowest BCUT2D eigenvalue weighted by molar-refractivity contribution is -0.385. The second-order valence-corrected chi connectivity index (χ2v) is 4.87. The van der Waals surface area contributed by atoms with Gasteiger partial charge in [-0.3, -0.25) is 19.8 Å². The molecule has 10 heteroatoms. The van der Waals surface area contributed by atoms with E-state index in [2.05, 4.69) is 4.74 Å². The largest absolute Gasteiger partial charge is 0.493 e. The van der Waals surface area contributed by atoms with Crippen LogP contribution in [-0.4, -0.2) is 47.7 Å². The third-order valence-electron chi connectivity index (χ3n) is 3.07. The van der Waals surface area contributed by atoms with Crippen LogP contribution in [-0.2, 0) is 11.3 Å². The Morgan fingerprint density at radius 3 is 2.54 bits per heavy atom. The van der Waals surface area contributed by atoms with E-state index in [0.29, 0.717) is 13.0 Å². The fraction of sp³-hybridized carbons (Fsp3) is 0.500. The second kappa shape index (κ2) is 8.96. The molecule has 0 aliphatic rings. The highest BCUT2D eigenvalue weighted by Gasteiger charge is 2.23. The van der Waals surface area contributed by atoms with Crippen LogP contribution in [0.1, 0.15) is 18.9 Å². The quantitative estimate of drug-likeness (QED) is 0.512. The fourth-order valence-corrected chi connectivity index (χ4v) is 2.20. The molecule has 1 aromatic rings. The number of halogens is 2. The highest BCUT2D eigenvalue weighted by Crippen LogP contribution is 2.36. The Morgan fingerprint density at radius 2 is 2.08 bits per heavy atom. The van der Waals surface area contributed by atoms with Gasteiger partial charge in [-0.25, -0.2) is 0 Å². The van der Waals surface area contributed by atoms with Crippen molar-refractivity contribution in [1.29, 1.82) is 0 Å². The molecule has 0 aliphatic heterocycles. The zero-order valence-corrected chi connectivity index (χ0v) is 13.2. The summed E-state index contributed by atoms with van der Waals surface area (Å²) >= 11 is 0. The Kier molecular flexibility index (Phi) is 7.31. The third kappa shape index (κ3) is 5.61. The lowest BCUT2D eigenvalue weighted by atomic mass is 10.1. The Morgan fingerprint density at radius 1 is 1.42 bits per heavy atom. The number of ether oxygens (including phenoxy) is 2. The molecule has 1 aromatic carbocycles. The number of hydrogen-bond donors (Lipinski definition) is 1. The number of hydrogen-bond acceptors (Lipinski definition) is 6. The molecule has 0 bridgehead atoms. The molecule has 0 radical (unpaired) electrons. The molecule has 0 saturated carbocycles. The lowest BCUT2D eigenvalue weighted by Crippen LogP contribution is -2.30. The van der Waals surface area contributed by atoms with Crippen LogP contribution in [0.4, 0.5) is 14.5 Å². The summed E-state index contributed by atoms with van der Waals surface area (Å²) < 4.78 is 34.0. The second-order valence-electron chi connectivity index (χ2n) is 4.87. The zero-order chi connectivity index (χ0) is 18.3. The van der Waals surface area contributed by atoms with E-state index in [1.165, 1.54) is 18.1 Å². The number of methoxy groups -OCH3 is 1. The molecule has 0 atom stereocenters. The van der Waals surface area contributed by atoms with E-state index in [-0.39, 0.29) is 24.4 Å². The molecule has 0 unspecified atom stereocenters. The Balaban J connectivity index is 3.23. The van der Waals surface area contributed by atoms with Crippen LogP contribution in [0.5, 0.6) is 11.5 Å². The van der Waals surface area contributed by atoms with Gasteiger partial charge in [-0.05, 0) is 19.0 Å². The molecule has 0 spiro atoms. The zero-order valence-electron chi connectivity index (χ0n) is 13.2.